The van der Waals surface area contributed by atoms with Crippen LogP contribution in [-0.2, 0) is 37.0 Å². The third-order valence-corrected chi connectivity index (χ3v) is 11.7. The zero-order valence-electron chi connectivity index (χ0n) is 29.4. The minimum Gasteiger partial charge on any atom is -0.491 e. The van der Waals surface area contributed by atoms with Crippen molar-refractivity contribution in [3.8, 4) is 16.2 Å². The van der Waals surface area contributed by atoms with Crippen molar-refractivity contribution in [2.75, 3.05) is 19.8 Å². The van der Waals surface area contributed by atoms with Gasteiger partial charge in [0.05, 0.1) is 27.1 Å². The summed E-state index contributed by atoms with van der Waals surface area (Å²) >= 11 is 1.47. The summed E-state index contributed by atoms with van der Waals surface area (Å²) in [7, 11) is -3.99. The van der Waals surface area contributed by atoms with Gasteiger partial charge in [-0.3, -0.25) is 18.6 Å². The quantitative estimate of drug-likeness (QED) is 0.149. The van der Waals surface area contributed by atoms with Crippen molar-refractivity contribution in [3.05, 3.63) is 100 Å². The van der Waals surface area contributed by atoms with Gasteiger partial charge in [0.25, 0.3) is 16.0 Å². The molecule has 1 unspecified atom stereocenters. The Morgan fingerprint density at radius 2 is 1.81 bits per heavy atom. The van der Waals surface area contributed by atoms with Crippen molar-refractivity contribution in [3.63, 3.8) is 0 Å². The highest BCUT2D eigenvalue weighted by molar-refractivity contribution is 7.86. The van der Waals surface area contributed by atoms with E-state index >= 15 is 0 Å². The number of aromatic nitrogens is 1. The molecule has 0 radical (unpaired) electrons. The molecule has 1 saturated heterocycles. The zero-order chi connectivity index (χ0) is 37.2. The molecule has 52 heavy (non-hydrogen) atoms. The molecule has 6 rings (SSSR count). The molecule has 4 aromatic rings. The van der Waals surface area contributed by atoms with Crippen LogP contribution in [0.15, 0.2) is 77.1 Å². The molecule has 3 heterocycles. The van der Waals surface area contributed by atoms with Gasteiger partial charge >= 0.3 is 0 Å². The molecule has 2 aliphatic heterocycles. The molecule has 3 atom stereocenters. The number of hydrogen-bond donors (Lipinski definition) is 2. The number of hydrogen-bond acceptors (Lipinski definition) is 10. The first kappa shape index (κ1) is 37.1. The Bertz CT molecular complexity index is 2060. The number of aryl methyl sites for hydroxylation is 2. The standard InChI is InChI=1S/C38H42N4O8S2/c1-23(2)34(42-20-28-7-5-6-8-31(28)37(42)45)38(46)41-21-29(43)18-32(41)36(44)39-19-27-12-11-26(35-25(4)40-22-51-35)17-33(27)49-15-16-50-52(47,48)30-13-9-24(3)10-14-30/h5-14,17,22-23,29,32,34,43H,15-16,18-21H2,1-4H3,(H,39,44)/t29-,32+,34?/m1/s1. The molecule has 2 N–H and O–H groups in total. The SMILES string of the molecule is Cc1ccc(S(=O)(=O)OCCOc2cc(-c3scnc3C)ccc2CNC(=O)[C@@H]2C[C@@H](O)CN2C(=O)C(C(C)C)N2Cc3ccccc3C2=O)cc1. The molecule has 14 heteroatoms. The number of carbonyl (C=O) groups excluding carboxylic acids is 3. The highest BCUT2D eigenvalue weighted by Crippen LogP contribution is 2.33. The summed E-state index contributed by atoms with van der Waals surface area (Å²) < 4.78 is 36.7. The van der Waals surface area contributed by atoms with Crippen LogP contribution in [0.5, 0.6) is 5.75 Å². The molecule has 274 valence electrons. The number of aliphatic hydroxyl groups is 1. The number of likely N-dealkylation sites (tertiary alicyclic amines) is 1. The zero-order valence-corrected chi connectivity index (χ0v) is 31.1. The lowest BCUT2D eigenvalue weighted by Gasteiger charge is -2.35. The van der Waals surface area contributed by atoms with Crippen LogP contribution in [0, 0.1) is 19.8 Å². The summed E-state index contributed by atoms with van der Waals surface area (Å²) in [6.45, 7) is 7.44. The van der Waals surface area contributed by atoms with Gasteiger partial charge in [-0.05, 0) is 55.2 Å². The molecule has 2 aliphatic rings. The van der Waals surface area contributed by atoms with Crippen molar-refractivity contribution >= 4 is 39.2 Å². The average Bonchev–Trinajstić information content (AvgIpc) is 3.82. The van der Waals surface area contributed by atoms with Gasteiger partial charge in [-0.2, -0.15) is 8.42 Å². The van der Waals surface area contributed by atoms with Gasteiger partial charge in [-0.1, -0.05) is 61.9 Å². The normalized spacial score (nSPS) is 17.8. The van der Waals surface area contributed by atoms with Crippen LogP contribution in [0.2, 0.25) is 0 Å². The van der Waals surface area contributed by atoms with Crippen molar-refractivity contribution in [2.45, 2.75) is 70.3 Å². The Hall–Kier alpha value is -4.63. The van der Waals surface area contributed by atoms with Crippen LogP contribution in [-0.4, -0.2) is 84.0 Å². The number of β-amino-alcohol motifs (C(OH)–C–C–N with tert-alkyl or cyclic N) is 1. The fourth-order valence-electron chi connectivity index (χ4n) is 6.68. The van der Waals surface area contributed by atoms with Crippen molar-refractivity contribution < 1.29 is 36.8 Å². The van der Waals surface area contributed by atoms with E-state index < -0.39 is 34.2 Å². The van der Waals surface area contributed by atoms with Gasteiger partial charge in [-0.25, -0.2) is 4.98 Å². The first-order valence-corrected chi connectivity index (χ1v) is 19.4. The summed E-state index contributed by atoms with van der Waals surface area (Å²) in [5, 5.41) is 13.6. The molecule has 0 spiro atoms. The minimum absolute atomic E-state index is 0.0286. The number of aliphatic hydroxyl groups excluding tert-OH is 1. The predicted octanol–water partition coefficient (Wildman–Crippen LogP) is 4.47. The van der Waals surface area contributed by atoms with Crippen molar-refractivity contribution in [1.82, 2.24) is 20.1 Å². The Morgan fingerprint density at radius 3 is 2.50 bits per heavy atom. The lowest BCUT2D eigenvalue weighted by atomic mass is 10.0. The number of nitrogens with one attached hydrogen (secondary N) is 1. The van der Waals surface area contributed by atoms with Gasteiger partial charge in [0.1, 0.15) is 31.0 Å². The smallest absolute Gasteiger partial charge is 0.297 e. The fourth-order valence-corrected chi connectivity index (χ4v) is 8.37. The molecule has 0 aliphatic carbocycles. The molecular weight excluding hydrogens is 705 g/mol. The third-order valence-electron chi connectivity index (χ3n) is 9.35. The van der Waals surface area contributed by atoms with Crippen LogP contribution in [0.3, 0.4) is 0 Å². The van der Waals surface area contributed by atoms with Crippen LogP contribution >= 0.6 is 11.3 Å². The summed E-state index contributed by atoms with van der Waals surface area (Å²) in [6, 6.07) is 17.4. The van der Waals surface area contributed by atoms with Crippen LogP contribution < -0.4 is 10.1 Å². The second-order valence-corrected chi connectivity index (χ2v) is 15.9. The van der Waals surface area contributed by atoms with Gasteiger partial charge in [0.2, 0.25) is 11.8 Å². The molecule has 0 bridgehead atoms. The van der Waals surface area contributed by atoms with E-state index in [4.69, 9.17) is 8.92 Å². The highest BCUT2D eigenvalue weighted by Gasteiger charge is 2.45. The Morgan fingerprint density at radius 1 is 1.06 bits per heavy atom. The maximum atomic E-state index is 14.1. The van der Waals surface area contributed by atoms with E-state index in [9.17, 15) is 27.9 Å². The average molecular weight is 747 g/mol. The highest BCUT2D eigenvalue weighted by atomic mass is 32.2. The molecule has 3 amide bonds. The van der Waals surface area contributed by atoms with Gasteiger partial charge in [0, 0.05) is 37.2 Å². The fraction of sp³-hybridized carbons (Fsp3) is 0.368. The molecule has 12 nitrogen and oxygen atoms in total. The van der Waals surface area contributed by atoms with E-state index in [1.54, 1.807) is 34.7 Å². The first-order valence-electron chi connectivity index (χ1n) is 17.1. The first-order chi connectivity index (χ1) is 24.8. The summed E-state index contributed by atoms with van der Waals surface area (Å²) in [5.74, 6) is -0.908. The monoisotopic (exact) mass is 746 g/mol. The van der Waals surface area contributed by atoms with Crippen molar-refractivity contribution in [2.24, 2.45) is 5.92 Å². The van der Waals surface area contributed by atoms with Gasteiger partial charge < -0.3 is 25.0 Å². The summed E-state index contributed by atoms with van der Waals surface area (Å²) in [5.41, 5.74) is 6.36. The van der Waals surface area contributed by atoms with E-state index in [0.717, 1.165) is 27.3 Å². The topological polar surface area (TPSA) is 155 Å². The van der Waals surface area contributed by atoms with E-state index in [0.29, 0.717) is 23.4 Å². The van der Waals surface area contributed by atoms with Crippen LogP contribution in [0.25, 0.3) is 10.4 Å². The van der Waals surface area contributed by atoms with Crippen LogP contribution in [0.1, 0.15) is 53.0 Å². The van der Waals surface area contributed by atoms with E-state index in [1.807, 2.05) is 58.0 Å². The lowest BCUT2D eigenvalue weighted by Crippen LogP contribution is -2.55. The number of thiazole rings is 1. The minimum atomic E-state index is -3.99. The lowest BCUT2D eigenvalue weighted by molar-refractivity contribution is -0.143. The summed E-state index contributed by atoms with van der Waals surface area (Å²) in [6.07, 6.45) is -0.855. The molecule has 0 saturated carbocycles. The van der Waals surface area contributed by atoms with Crippen molar-refractivity contribution in [1.29, 1.82) is 0 Å². The maximum absolute atomic E-state index is 14.1. The number of carbonyl (C=O) groups is 3. The number of nitrogens with zero attached hydrogens (tertiary/aromatic N) is 3. The number of amides is 3. The second kappa shape index (κ2) is 15.5. The third kappa shape index (κ3) is 7.89. The van der Waals surface area contributed by atoms with E-state index in [-0.39, 0.29) is 55.4 Å². The number of rotatable bonds is 13. The number of fused-ring (bicyclic) bond motifs is 1. The van der Waals surface area contributed by atoms with E-state index in [1.165, 1.54) is 28.4 Å². The molecule has 3 aromatic carbocycles. The molecular formula is C38H42N4O8S2. The Kier molecular flexibility index (Phi) is 11.1. The maximum Gasteiger partial charge on any atom is 0.297 e. The van der Waals surface area contributed by atoms with Gasteiger partial charge in [0.15, 0.2) is 0 Å². The molecule has 1 fully saturated rings. The Balaban J connectivity index is 1.15. The molecule has 1 aromatic heterocycles. The summed E-state index contributed by atoms with van der Waals surface area (Å²) in [4.78, 5) is 49.5. The number of benzene rings is 3. The van der Waals surface area contributed by atoms with E-state index in [2.05, 4.69) is 10.3 Å². The number of ether oxygens (including phenoxy) is 1. The Labute approximate surface area is 307 Å². The second-order valence-electron chi connectivity index (χ2n) is 13.4. The van der Waals surface area contributed by atoms with Gasteiger partial charge in [-0.15, -0.1) is 11.3 Å². The van der Waals surface area contributed by atoms with Crippen LogP contribution in [0.4, 0.5) is 0 Å². The largest absolute Gasteiger partial charge is 0.491 e. The predicted molar refractivity (Wildman–Crippen MR) is 195 cm³/mol.